The van der Waals surface area contributed by atoms with Crippen molar-refractivity contribution in [1.82, 2.24) is 19.8 Å². The van der Waals surface area contributed by atoms with Crippen molar-refractivity contribution in [2.75, 3.05) is 6.54 Å². The van der Waals surface area contributed by atoms with Gasteiger partial charge in [0, 0.05) is 24.1 Å². The second kappa shape index (κ2) is 8.41. The summed E-state index contributed by atoms with van der Waals surface area (Å²) in [4.78, 5) is 6.98. The number of nitrogens with one attached hydrogen (secondary N) is 1. The fourth-order valence-electron chi connectivity index (χ4n) is 4.24. The molecule has 1 N–H and O–H groups in total. The van der Waals surface area contributed by atoms with Gasteiger partial charge in [0.25, 0.3) is 0 Å². The van der Waals surface area contributed by atoms with E-state index in [1.54, 1.807) is 6.26 Å². The molecule has 0 saturated carbocycles. The molecular formula is C23H28N4OS. The maximum Gasteiger partial charge on any atom is 0.170 e. The van der Waals surface area contributed by atoms with Gasteiger partial charge in [-0.15, -0.1) is 0 Å². The van der Waals surface area contributed by atoms with Gasteiger partial charge in [-0.1, -0.05) is 19.4 Å². The summed E-state index contributed by atoms with van der Waals surface area (Å²) < 4.78 is 7.91. The number of furan rings is 1. The van der Waals surface area contributed by atoms with Crippen LogP contribution in [0.15, 0.2) is 53.3 Å². The standard InChI is InChI=1S/C23H28N4OS/c1-4-5-12-26-22(21(25-23(26)29)20-10-6-7-11-24-20)19-14-16(2)27(17(19)3)15-18-9-8-13-28-18/h6-11,13-14,21-22H,4-5,12,15H2,1-3H3,(H,25,29). The van der Waals surface area contributed by atoms with E-state index in [0.717, 1.165) is 42.5 Å². The minimum absolute atomic E-state index is 0.0399. The number of unbranched alkanes of at least 4 members (excludes halogenated alkanes) is 1. The van der Waals surface area contributed by atoms with E-state index in [9.17, 15) is 0 Å². The smallest absolute Gasteiger partial charge is 0.170 e. The Morgan fingerprint density at radius 1 is 1.21 bits per heavy atom. The SMILES string of the molecule is CCCCN1C(=S)NC(c2ccccn2)C1c1cc(C)n(Cc2ccco2)c1C. The molecule has 2 atom stereocenters. The molecule has 1 aliphatic rings. The summed E-state index contributed by atoms with van der Waals surface area (Å²) in [7, 11) is 0. The molecule has 0 radical (unpaired) electrons. The quantitative estimate of drug-likeness (QED) is 0.563. The average Bonchev–Trinajstić information content (AvgIpc) is 3.42. The molecule has 0 bridgehead atoms. The summed E-state index contributed by atoms with van der Waals surface area (Å²) in [6.07, 6.45) is 5.83. The van der Waals surface area contributed by atoms with Gasteiger partial charge in [0.05, 0.1) is 30.6 Å². The number of thiocarbonyl (C=S) groups is 1. The lowest BCUT2D eigenvalue weighted by atomic mass is 9.96. The van der Waals surface area contributed by atoms with Gasteiger partial charge in [-0.05, 0) is 68.4 Å². The lowest BCUT2D eigenvalue weighted by Crippen LogP contribution is -2.30. The lowest BCUT2D eigenvalue weighted by Gasteiger charge is -2.28. The van der Waals surface area contributed by atoms with E-state index in [1.165, 1.54) is 17.0 Å². The van der Waals surface area contributed by atoms with E-state index in [4.69, 9.17) is 16.6 Å². The maximum absolute atomic E-state index is 5.75. The van der Waals surface area contributed by atoms with Crippen LogP contribution in [0.1, 0.15) is 60.3 Å². The summed E-state index contributed by atoms with van der Waals surface area (Å²) in [6.45, 7) is 8.25. The molecule has 0 aromatic carbocycles. The van der Waals surface area contributed by atoms with Crippen LogP contribution in [0, 0.1) is 13.8 Å². The number of pyridine rings is 1. The number of hydrogen-bond acceptors (Lipinski definition) is 3. The first-order chi connectivity index (χ1) is 14.1. The third-order valence-corrected chi connectivity index (χ3v) is 6.13. The third kappa shape index (κ3) is 3.81. The number of aromatic nitrogens is 2. The third-order valence-electron chi connectivity index (χ3n) is 5.78. The Labute approximate surface area is 177 Å². The van der Waals surface area contributed by atoms with Crippen LogP contribution in [0.5, 0.6) is 0 Å². The highest BCUT2D eigenvalue weighted by atomic mass is 32.1. The number of nitrogens with zero attached hydrogens (tertiary/aromatic N) is 3. The molecule has 0 amide bonds. The van der Waals surface area contributed by atoms with E-state index >= 15 is 0 Å². The summed E-state index contributed by atoms with van der Waals surface area (Å²) in [6, 6.07) is 12.5. The van der Waals surface area contributed by atoms with Crippen LogP contribution in [-0.2, 0) is 6.54 Å². The molecule has 152 valence electrons. The molecule has 0 spiro atoms. The van der Waals surface area contributed by atoms with Crippen LogP contribution in [0.4, 0.5) is 0 Å². The van der Waals surface area contributed by atoms with Crippen molar-refractivity contribution in [2.24, 2.45) is 0 Å². The first-order valence-corrected chi connectivity index (χ1v) is 10.7. The van der Waals surface area contributed by atoms with Gasteiger partial charge in [-0.2, -0.15) is 0 Å². The van der Waals surface area contributed by atoms with E-state index in [2.05, 4.69) is 52.7 Å². The predicted molar refractivity (Wildman–Crippen MR) is 119 cm³/mol. The van der Waals surface area contributed by atoms with E-state index in [-0.39, 0.29) is 12.1 Å². The van der Waals surface area contributed by atoms with Gasteiger partial charge in [-0.25, -0.2) is 0 Å². The minimum Gasteiger partial charge on any atom is -0.467 e. The largest absolute Gasteiger partial charge is 0.467 e. The normalized spacial score (nSPS) is 19.0. The Bertz CT molecular complexity index is 964. The second-order valence-corrected chi connectivity index (χ2v) is 8.05. The fraction of sp³-hybridized carbons (Fsp3) is 0.391. The monoisotopic (exact) mass is 408 g/mol. The highest BCUT2D eigenvalue weighted by Crippen LogP contribution is 2.41. The molecule has 2 unspecified atom stereocenters. The molecule has 1 saturated heterocycles. The second-order valence-electron chi connectivity index (χ2n) is 7.67. The molecule has 29 heavy (non-hydrogen) atoms. The topological polar surface area (TPSA) is 46.2 Å². The van der Waals surface area contributed by atoms with Crippen molar-refractivity contribution >= 4 is 17.3 Å². The molecule has 1 fully saturated rings. The van der Waals surface area contributed by atoms with Gasteiger partial charge in [-0.3, -0.25) is 4.98 Å². The molecular weight excluding hydrogens is 380 g/mol. The van der Waals surface area contributed by atoms with Crippen LogP contribution in [0.3, 0.4) is 0 Å². The van der Waals surface area contributed by atoms with E-state index in [1.807, 2.05) is 30.5 Å². The molecule has 4 rings (SSSR count). The molecule has 1 aliphatic heterocycles. The Kier molecular flexibility index (Phi) is 5.72. The molecule has 5 nitrogen and oxygen atoms in total. The van der Waals surface area contributed by atoms with Crippen LogP contribution >= 0.6 is 12.2 Å². The highest BCUT2D eigenvalue weighted by Gasteiger charge is 2.40. The van der Waals surface area contributed by atoms with Crippen molar-refractivity contribution in [2.45, 2.75) is 52.2 Å². The number of aryl methyl sites for hydroxylation is 1. The molecule has 6 heteroatoms. The van der Waals surface area contributed by atoms with Crippen LogP contribution in [0.2, 0.25) is 0 Å². The minimum atomic E-state index is 0.0399. The van der Waals surface area contributed by atoms with Gasteiger partial charge in [0.1, 0.15) is 5.76 Å². The zero-order valence-corrected chi connectivity index (χ0v) is 18.1. The first kappa shape index (κ1) is 19.7. The molecule has 3 aromatic rings. The van der Waals surface area contributed by atoms with Gasteiger partial charge in [0.15, 0.2) is 5.11 Å². The van der Waals surface area contributed by atoms with Crippen molar-refractivity contribution in [3.8, 4) is 0 Å². The fourth-order valence-corrected chi connectivity index (χ4v) is 4.57. The van der Waals surface area contributed by atoms with E-state index in [0.29, 0.717) is 0 Å². The molecule has 4 heterocycles. The predicted octanol–water partition coefficient (Wildman–Crippen LogP) is 4.91. The van der Waals surface area contributed by atoms with Crippen molar-refractivity contribution in [3.05, 3.63) is 77.3 Å². The maximum atomic E-state index is 5.75. The highest BCUT2D eigenvalue weighted by molar-refractivity contribution is 7.80. The van der Waals surface area contributed by atoms with Gasteiger partial charge < -0.3 is 19.2 Å². The van der Waals surface area contributed by atoms with Gasteiger partial charge in [0.2, 0.25) is 0 Å². The Hall–Kier alpha value is -2.60. The molecule has 3 aromatic heterocycles. The Balaban J connectivity index is 1.74. The number of rotatable bonds is 7. The Morgan fingerprint density at radius 2 is 2.07 bits per heavy atom. The summed E-state index contributed by atoms with van der Waals surface area (Å²) in [5, 5.41) is 4.36. The first-order valence-electron chi connectivity index (χ1n) is 10.3. The summed E-state index contributed by atoms with van der Waals surface area (Å²) in [5.74, 6) is 0.961. The summed E-state index contributed by atoms with van der Waals surface area (Å²) >= 11 is 5.75. The van der Waals surface area contributed by atoms with Crippen LogP contribution in [-0.4, -0.2) is 26.1 Å². The van der Waals surface area contributed by atoms with Crippen molar-refractivity contribution < 1.29 is 4.42 Å². The van der Waals surface area contributed by atoms with Crippen LogP contribution < -0.4 is 5.32 Å². The van der Waals surface area contributed by atoms with E-state index < -0.39 is 0 Å². The molecule has 0 aliphatic carbocycles. The number of hydrogen-bond donors (Lipinski definition) is 1. The van der Waals surface area contributed by atoms with Crippen molar-refractivity contribution in [1.29, 1.82) is 0 Å². The zero-order chi connectivity index (χ0) is 20.4. The van der Waals surface area contributed by atoms with Gasteiger partial charge >= 0.3 is 0 Å². The zero-order valence-electron chi connectivity index (χ0n) is 17.3. The average molecular weight is 409 g/mol. The Morgan fingerprint density at radius 3 is 2.76 bits per heavy atom. The van der Waals surface area contributed by atoms with Crippen LogP contribution in [0.25, 0.3) is 0 Å². The lowest BCUT2D eigenvalue weighted by molar-refractivity contribution is 0.311. The van der Waals surface area contributed by atoms with Crippen molar-refractivity contribution in [3.63, 3.8) is 0 Å². The summed E-state index contributed by atoms with van der Waals surface area (Å²) in [5.41, 5.74) is 4.79.